The van der Waals surface area contributed by atoms with Crippen LogP contribution < -0.4 is 52.3 Å². The molecule has 2 saturated heterocycles. The third-order valence-electron chi connectivity index (χ3n) is 20.0. The minimum atomic E-state index is -2.15. The zero-order valence-electron chi connectivity index (χ0n) is 60.6. The maximum Gasteiger partial charge on any atom is 0.247 e. The summed E-state index contributed by atoms with van der Waals surface area (Å²) in [5.41, 5.74) is 9.40. The topological polar surface area (TPSA) is 486 Å². The summed E-state index contributed by atoms with van der Waals surface area (Å²) in [5, 5.41) is 118. The number of rotatable bonds is 17. The van der Waals surface area contributed by atoms with Crippen molar-refractivity contribution in [1.82, 2.24) is 26.6 Å². The van der Waals surface area contributed by atoms with Crippen molar-refractivity contribution in [2.75, 3.05) is 47.9 Å². The highest BCUT2D eigenvalue weighted by Gasteiger charge is 2.52. The zero-order valence-corrected chi connectivity index (χ0v) is 62.1. The summed E-state index contributed by atoms with van der Waals surface area (Å²) >= 11 is 14.3. The van der Waals surface area contributed by atoms with Gasteiger partial charge >= 0.3 is 0 Å². The van der Waals surface area contributed by atoms with Crippen molar-refractivity contribution in [3.8, 4) is 57.1 Å². The van der Waals surface area contributed by atoms with Crippen LogP contribution in [0, 0.1) is 17.8 Å². The van der Waals surface area contributed by atoms with Crippen LogP contribution >= 0.6 is 23.2 Å². The Morgan fingerprint density at radius 2 is 1.39 bits per heavy atom. The van der Waals surface area contributed by atoms with Gasteiger partial charge in [-0.15, -0.1) is 0 Å². The van der Waals surface area contributed by atoms with Crippen LogP contribution in [-0.2, 0) is 52.6 Å². The Balaban J connectivity index is 1.23. The summed E-state index contributed by atoms with van der Waals surface area (Å²) in [4.78, 5) is 120. The van der Waals surface area contributed by atoms with Gasteiger partial charge in [-0.2, -0.15) is 0 Å². The molecule has 0 aromatic heterocycles. The van der Waals surface area contributed by atoms with Gasteiger partial charge in [-0.1, -0.05) is 55.2 Å². The lowest BCUT2D eigenvalue weighted by molar-refractivity contribution is -0.870. The highest BCUT2D eigenvalue weighted by Crippen LogP contribution is 2.51. The molecule has 0 saturated carbocycles. The van der Waals surface area contributed by atoms with Crippen molar-refractivity contribution in [2.45, 2.75) is 170 Å². The number of carbonyl (C=O) groups excluding carboxylic acids is 8. The number of nitrogens with zero attached hydrogens (tertiary/aromatic N) is 1. The number of ketones is 3. The first-order valence-electron chi connectivity index (χ1n) is 35.3. The fourth-order valence-electron chi connectivity index (χ4n) is 14.2. The predicted octanol–water partition coefficient (Wildman–Crippen LogP) is 3.30. The lowest BCUT2D eigenvalue weighted by Crippen LogP contribution is -2.64. The van der Waals surface area contributed by atoms with E-state index < -0.39 is 223 Å². The number of nitrogens with one attached hydrogen (secondary N) is 5. The average molecular weight is 1550 g/mol. The molecule has 18 N–H and O–H groups in total. The summed E-state index contributed by atoms with van der Waals surface area (Å²) in [6.45, 7) is 6.41. The van der Waals surface area contributed by atoms with Gasteiger partial charge in [0, 0.05) is 73.7 Å². The van der Waals surface area contributed by atoms with Crippen LogP contribution in [0.2, 0.25) is 10.0 Å². The molecule has 31 nitrogen and oxygen atoms in total. The molecule has 33 heteroatoms. The van der Waals surface area contributed by atoms with Crippen molar-refractivity contribution in [3.05, 3.63) is 117 Å². The number of ether oxygens (including phenoxy) is 6. The second-order valence-corrected chi connectivity index (χ2v) is 30.7. The number of Topliss-reactive ketones (excluding diaryl/α,β-unsaturated/α-hetero) is 3. The first kappa shape index (κ1) is 81.9. The number of amides is 5. The molecular formula is C75H93Cl2N8O23+. The van der Waals surface area contributed by atoms with Gasteiger partial charge in [-0.3, -0.25) is 38.4 Å². The molecule has 18 atom stereocenters. The second kappa shape index (κ2) is 33.7. The molecule has 5 amide bonds. The summed E-state index contributed by atoms with van der Waals surface area (Å²) in [7, 11) is 7.31. The minimum Gasteiger partial charge on any atom is -0.508 e. The van der Waals surface area contributed by atoms with Gasteiger partial charge < -0.3 is 117 Å². The Bertz CT molecular complexity index is 4250. The van der Waals surface area contributed by atoms with E-state index >= 15 is 24.0 Å². The van der Waals surface area contributed by atoms with E-state index in [1.807, 2.05) is 35.0 Å². The summed E-state index contributed by atoms with van der Waals surface area (Å²) in [5.74, 6) is -18.2. The predicted molar refractivity (Wildman–Crippen MR) is 386 cm³/mol. The molecule has 0 aliphatic carbocycles. The summed E-state index contributed by atoms with van der Waals surface area (Å²) in [6.07, 6.45) is -20.4. The normalized spacial score (nSPS) is 28.7. The third kappa shape index (κ3) is 18.4. The molecule has 0 spiro atoms. The van der Waals surface area contributed by atoms with Gasteiger partial charge in [0.1, 0.15) is 77.1 Å². The first-order valence-corrected chi connectivity index (χ1v) is 36.1. The number of likely N-dealkylation sites (N-methyl/N-ethyl adjacent to an activating group) is 1. The molecule has 5 aromatic carbocycles. The summed E-state index contributed by atoms with van der Waals surface area (Å²) < 4.78 is 39.3. The van der Waals surface area contributed by atoms with Gasteiger partial charge in [-0.25, -0.2) is 0 Å². The maximum absolute atomic E-state index is 16.4. The highest BCUT2D eigenvalue weighted by atomic mass is 35.5. The van der Waals surface area contributed by atoms with Gasteiger partial charge in [0.15, 0.2) is 35.5 Å². The molecule has 12 rings (SSSR count). The Hall–Kier alpha value is -8.64. The fraction of sp³-hybridized carbons (Fsp3) is 0.493. The van der Waals surface area contributed by atoms with Crippen LogP contribution in [0.15, 0.2) is 78.9 Å². The average Bonchev–Trinajstić information content (AvgIpc) is 0.764. The number of quaternary nitrogens is 1. The van der Waals surface area contributed by atoms with Crippen LogP contribution in [0.4, 0.5) is 0 Å². The number of benzene rings is 5. The molecule has 5 aromatic rings. The lowest BCUT2D eigenvalue weighted by atomic mass is 9.79. The Morgan fingerprint density at radius 3 is 1.98 bits per heavy atom. The first-order chi connectivity index (χ1) is 50.8. The number of hydrogen-bond acceptors (Lipinski definition) is 25. The number of aliphatic hydroxyl groups excluding tert-OH is 6. The standard InChI is InChI=1S/C75H92Cl2N8O23/c1-32(2)18-46(80-5)72(101)84-62-50(91)22-38(25-57(78)93)70(99)82-60-37-23-54(67(55(24-37)105-53-15-12-36(64(62)95)21-45(53)77)108-74-68(66(97)65(96)56(31-86)106-74)107-58-30-75(4,79)69(98)33(3)103-58)104-52-14-11-35(20-44(52)76)63(94)43-29-48(89)40(28-51(60)92)34-10-13-47(88)41(19-34)59-42(26-39(87)27-49(59)90)61(83-71(43)100)73(102)81-16-9-17-85(6,7)8/h10-15,19-21,23-24,26-27,32-33,38,40,43,46,56,58,60-66,68-69,74,80,86,94-98H,9,16-18,22,25,28-31,79H2,1-8H3,(H8-,78,81,82,83,84,87,88,90,93,99,100,101,102)/p+1/t33-,38-,40-,43-,46+,56?,58-,60+,61-,62-,63+,64+,65?,66-,68+,69+,74?,75?/m0/s1. The van der Waals surface area contributed by atoms with E-state index in [1.54, 1.807) is 0 Å². The van der Waals surface area contributed by atoms with Gasteiger partial charge in [0.05, 0.1) is 80.5 Å². The molecule has 0 radical (unpaired) electrons. The fourth-order valence-corrected chi connectivity index (χ4v) is 14.6. The molecule has 2 fully saturated rings. The van der Waals surface area contributed by atoms with E-state index in [2.05, 4.69) is 26.6 Å². The molecule has 11 bridgehead atoms. The quantitative estimate of drug-likeness (QED) is 0.0469. The number of aromatic hydroxyl groups is 3. The number of nitrogens with two attached hydrogens (primary N) is 2. The second-order valence-electron chi connectivity index (χ2n) is 29.9. The number of aliphatic hydroxyl groups is 6. The molecule has 4 unspecified atom stereocenters. The van der Waals surface area contributed by atoms with Gasteiger partial charge in [-0.05, 0) is 116 Å². The zero-order chi connectivity index (χ0) is 78.9. The number of hydrogen-bond donors (Lipinski definition) is 16. The van der Waals surface area contributed by atoms with Crippen molar-refractivity contribution >= 4 is 70.1 Å². The lowest BCUT2D eigenvalue weighted by Gasteiger charge is -2.47. The SMILES string of the molecule is CN[C@H](CC(C)C)C(=O)N[C@H]1C(=O)C[C@@H](CC(N)=O)C(=O)N[C@H]2C(=O)C[C@@H]3C(=O)C[C@H](C(=O)N[C@H](C(=O)NCCC[N+](C)(C)C)c4cc(O)cc(O)c4-c4cc3ccc4O)[C@H](O)c3ccc(c(Cl)c3)Oc3cc2cc(c3OC2OC(CO)C(O)[C@H](O)[C@H]2O[C@H]2CC(C)(N)[C@H](O)[C@H](C)O2)Oc2ccc(cc2Cl)[C@H]1O. The van der Waals surface area contributed by atoms with E-state index in [0.717, 1.165) is 30.3 Å². The molecular weight excluding hydrogens is 1450 g/mol. The van der Waals surface area contributed by atoms with E-state index in [9.17, 15) is 60.3 Å². The number of phenols is 3. The van der Waals surface area contributed by atoms with Crippen molar-refractivity contribution in [3.63, 3.8) is 0 Å². The largest absolute Gasteiger partial charge is 0.508 e. The third-order valence-corrected chi connectivity index (χ3v) is 20.6. The Kier molecular flexibility index (Phi) is 25.5. The maximum atomic E-state index is 16.4. The van der Waals surface area contributed by atoms with E-state index in [0.29, 0.717) is 17.4 Å². The molecule has 584 valence electrons. The van der Waals surface area contributed by atoms with Gasteiger partial charge in [0.25, 0.3) is 0 Å². The number of phenolic OH excluding ortho intramolecular Hbond substituents is 3. The van der Waals surface area contributed by atoms with Crippen LogP contribution in [0.25, 0.3) is 11.1 Å². The number of primary amides is 1. The Morgan fingerprint density at radius 1 is 0.750 bits per heavy atom. The minimum absolute atomic E-state index is 0.0472. The van der Waals surface area contributed by atoms with Crippen LogP contribution in [0.3, 0.4) is 0 Å². The highest BCUT2D eigenvalue weighted by molar-refractivity contribution is 6.32. The number of halogens is 2. The molecule has 7 aliphatic rings. The van der Waals surface area contributed by atoms with Crippen molar-refractivity contribution < 1.29 is 117 Å². The van der Waals surface area contributed by atoms with Crippen LogP contribution in [-0.4, -0.2) is 212 Å². The number of fused-ring (bicyclic) bond motifs is 15. The van der Waals surface area contributed by atoms with Crippen LogP contribution in [0.1, 0.15) is 131 Å². The smallest absolute Gasteiger partial charge is 0.247 e. The van der Waals surface area contributed by atoms with Crippen molar-refractivity contribution in [1.29, 1.82) is 0 Å². The molecule has 108 heavy (non-hydrogen) atoms. The summed E-state index contributed by atoms with van der Waals surface area (Å²) in [6, 6.07) is 8.32. The molecule has 7 aliphatic heterocycles. The van der Waals surface area contributed by atoms with Crippen molar-refractivity contribution in [2.24, 2.45) is 29.2 Å². The van der Waals surface area contributed by atoms with E-state index in [-0.39, 0.29) is 85.8 Å². The van der Waals surface area contributed by atoms with Gasteiger partial charge in [0.2, 0.25) is 41.6 Å². The van der Waals surface area contributed by atoms with E-state index in [1.165, 1.54) is 69.4 Å². The number of carbonyl (C=O) groups is 8. The van der Waals surface area contributed by atoms with Crippen LogP contribution in [0.5, 0.6) is 46.0 Å². The monoisotopic (exact) mass is 1540 g/mol. The molecule has 7 heterocycles. The van der Waals surface area contributed by atoms with E-state index in [4.69, 9.17) is 63.1 Å². The Labute approximate surface area is 631 Å².